The Kier molecular flexibility index (Phi) is 3.84. The molecule has 0 radical (unpaired) electrons. The Hall–Kier alpha value is -2.31. The van der Waals surface area contributed by atoms with Gasteiger partial charge in [0, 0.05) is 26.0 Å². The van der Waals surface area contributed by atoms with Crippen LogP contribution in [0.4, 0.5) is 11.6 Å². The van der Waals surface area contributed by atoms with E-state index in [1.54, 1.807) is 20.2 Å². The number of aromatic nitrogens is 3. The number of fused-ring (bicyclic) bond motifs is 1. The maximum Gasteiger partial charge on any atom is 0.242 e. The van der Waals surface area contributed by atoms with Gasteiger partial charge in [-0.1, -0.05) is 0 Å². The van der Waals surface area contributed by atoms with Crippen molar-refractivity contribution in [2.45, 2.75) is 19.9 Å². The van der Waals surface area contributed by atoms with Gasteiger partial charge in [0.2, 0.25) is 5.91 Å². The number of hydrogen-bond acceptors (Lipinski definition) is 5. The fourth-order valence-electron chi connectivity index (χ4n) is 1.75. The molecule has 0 spiro atoms. The van der Waals surface area contributed by atoms with Crippen LogP contribution in [0, 0.1) is 0 Å². The first-order chi connectivity index (χ1) is 9.15. The van der Waals surface area contributed by atoms with E-state index in [4.69, 9.17) is 0 Å². The lowest BCUT2D eigenvalue weighted by molar-refractivity contribution is -0.121. The Labute approximate surface area is 111 Å². The molecule has 0 bridgehead atoms. The summed E-state index contributed by atoms with van der Waals surface area (Å²) < 4.78 is 1.85. The lowest BCUT2D eigenvalue weighted by Gasteiger charge is -2.15. The summed E-state index contributed by atoms with van der Waals surface area (Å²) in [6.45, 7) is 4.28. The zero-order chi connectivity index (χ0) is 13.8. The highest BCUT2D eigenvalue weighted by Gasteiger charge is 2.15. The van der Waals surface area contributed by atoms with Crippen molar-refractivity contribution in [2.24, 2.45) is 0 Å². The molecule has 0 fully saturated rings. The molecule has 7 heteroatoms. The molecule has 19 heavy (non-hydrogen) atoms. The third-order valence-corrected chi connectivity index (χ3v) is 2.73. The van der Waals surface area contributed by atoms with Crippen LogP contribution in [0.15, 0.2) is 18.6 Å². The molecule has 7 nitrogen and oxygen atoms in total. The summed E-state index contributed by atoms with van der Waals surface area (Å²) in [7, 11) is 1.79. The quantitative estimate of drug-likeness (QED) is 0.739. The molecule has 1 atom stereocenters. The van der Waals surface area contributed by atoms with Gasteiger partial charge in [-0.2, -0.15) is 0 Å². The van der Waals surface area contributed by atoms with Gasteiger partial charge in [0.05, 0.1) is 6.20 Å². The predicted octanol–water partition coefficient (Wildman–Crippen LogP) is 0.707. The highest BCUT2D eigenvalue weighted by Crippen LogP contribution is 2.16. The summed E-state index contributed by atoms with van der Waals surface area (Å²) in [6.07, 6.45) is 5.36. The van der Waals surface area contributed by atoms with E-state index in [1.807, 2.05) is 23.7 Å². The van der Waals surface area contributed by atoms with Gasteiger partial charge in [-0.05, 0) is 13.8 Å². The number of carbonyl (C=O) groups is 1. The van der Waals surface area contributed by atoms with Crippen LogP contribution in [-0.2, 0) is 4.79 Å². The Balaban J connectivity index is 2.28. The summed E-state index contributed by atoms with van der Waals surface area (Å²) in [5.41, 5.74) is 0.690. The van der Waals surface area contributed by atoms with Gasteiger partial charge in [-0.15, -0.1) is 0 Å². The van der Waals surface area contributed by atoms with E-state index < -0.39 is 0 Å². The number of imidazole rings is 1. The van der Waals surface area contributed by atoms with E-state index in [0.29, 0.717) is 23.8 Å². The average molecular weight is 262 g/mol. The molecule has 1 amide bonds. The SMILES string of the molecule is CCNC(=O)C(C)Nc1nc(NC)cn2ccnc12. The smallest absolute Gasteiger partial charge is 0.242 e. The number of hydrogen-bond donors (Lipinski definition) is 3. The van der Waals surface area contributed by atoms with Crippen LogP contribution in [-0.4, -0.2) is 39.9 Å². The monoisotopic (exact) mass is 262 g/mol. The van der Waals surface area contributed by atoms with E-state index in [0.717, 1.165) is 0 Å². The maximum atomic E-state index is 11.7. The zero-order valence-electron chi connectivity index (χ0n) is 11.3. The summed E-state index contributed by atoms with van der Waals surface area (Å²) in [5, 5.41) is 8.82. The fraction of sp³-hybridized carbons (Fsp3) is 0.417. The minimum Gasteiger partial charge on any atom is -0.372 e. The standard InChI is InChI=1S/C12H18N6O/c1-4-14-12(19)8(2)16-10-11-15-5-6-18(11)7-9(13-3)17-10/h5-8,13H,4H2,1-3H3,(H,14,19)(H,16,17). The van der Waals surface area contributed by atoms with Gasteiger partial charge in [-0.25, -0.2) is 9.97 Å². The van der Waals surface area contributed by atoms with Crippen LogP contribution in [0.1, 0.15) is 13.8 Å². The van der Waals surface area contributed by atoms with Crippen LogP contribution in [0.2, 0.25) is 0 Å². The molecule has 0 saturated carbocycles. The molecule has 2 aromatic rings. The molecule has 3 N–H and O–H groups in total. The van der Waals surface area contributed by atoms with Gasteiger partial charge < -0.3 is 20.4 Å². The molecular weight excluding hydrogens is 244 g/mol. The molecule has 0 aliphatic carbocycles. The van der Waals surface area contributed by atoms with Crippen LogP contribution in [0.5, 0.6) is 0 Å². The highest BCUT2D eigenvalue weighted by molar-refractivity contribution is 5.85. The van der Waals surface area contributed by atoms with Crippen molar-refractivity contribution in [3.8, 4) is 0 Å². The first-order valence-corrected chi connectivity index (χ1v) is 6.21. The van der Waals surface area contributed by atoms with Crippen molar-refractivity contribution in [1.82, 2.24) is 19.7 Å². The number of carbonyl (C=O) groups excluding carboxylic acids is 1. The minimum atomic E-state index is -0.375. The van der Waals surface area contributed by atoms with Crippen LogP contribution in [0.3, 0.4) is 0 Å². The molecule has 0 aliphatic heterocycles. The molecule has 0 aromatic carbocycles. The molecule has 2 heterocycles. The summed E-state index contributed by atoms with van der Waals surface area (Å²) in [6, 6.07) is -0.375. The second kappa shape index (κ2) is 5.55. The predicted molar refractivity (Wildman–Crippen MR) is 74.3 cm³/mol. The number of anilines is 2. The lowest BCUT2D eigenvalue weighted by Crippen LogP contribution is -2.37. The number of rotatable bonds is 5. The Morgan fingerprint density at radius 3 is 3.00 bits per heavy atom. The highest BCUT2D eigenvalue weighted by atomic mass is 16.2. The van der Waals surface area contributed by atoms with E-state index in [1.165, 1.54) is 0 Å². The average Bonchev–Trinajstić information content (AvgIpc) is 2.87. The summed E-state index contributed by atoms with van der Waals surface area (Å²) in [4.78, 5) is 20.4. The van der Waals surface area contributed by atoms with E-state index >= 15 is 0 Å². The first kappa shape index (κ1) is 13.1. The third kappa shape index (κ3) is 2.75. The number of nitrogens with one attached hydrogen (secondary N) is 3. The Bertz CT molecular complexity index is 579. The molecule has 0 aliphatic rings. The van der Waals surface area contributed by atoms with Gasteiger partial charge >= 0.3 is 0 Å². The lowest BCUT2D eigenvalue weighted by atomic mass is 10.3. The molecule has 102 valence electrons. The van der Waals surface area contributed by atoms with Gasteiger partial charge in [0.1, 0.15) is 11.9 Å². The first-order valence-electron chi connectivity index (χ1n) is 6.21. The zero-order valence-corrected chi connectivity index (χ0v) is 11.3. The number of likely N-dealkylation sites (N-methyl/N-ethyl adjacent to an activating group) is 1. The van der Waals surface area contributed by atoms with Crippen molar-refractivity contribution >= 4 is 23.2 Å². The van der Waals surface area contributed by atoms with Crippen molar-refractivity contribution in [3.05, 3.63) is 18.6 Å². The molecule has 2 rings (SSSR count). The van der Waals surface area contributed by atoms with Gasteiger partial charge in [0.25, 0.3) is 0 Å². The van der Waals surface area contributed by atoms with E-state index in [9.17, 15) is 4.79 Å². The second-order valence-corrected chi connectivity index (χ2v) is 4.14. The molecule has 0 saturated heterocycles. The molecule has 1 unspecified atom stereocenters. The van der Waals surface area contributed by atoms with E-state index in [2.05, 4.69) is 25.9 Å². The van der Waals surface area contributed by atoms with Crippen LogP contribution < -0.4 is 16.0 Å². The normalized spacial score (nSPS) is 12.2. The van der Waals surface area contributed by atoms with Crippen molar-refractivity contribution in [2.75, 3.05) is 24.2 Å². The number of nitrogens with zero attached hydrogens (tertiary/aromatic N) is 3. The third-order valence-electron chi connectivity index (χ3n) is 2.73. The van der Waals surface area contributed by atoms with Crippen molar-refractivity contribution in [3.63, 3.8) is 0 Å². The topological polar surface area (TPSA) is 83.3 Å². The summed E-state index contributed by atoms with van der Waals surface area (Å²) >= 11 is 0. The van der Waals surface area contributed by atoms with Crippen molar-refractivity contribution < 1.29 is 4.79 Å². The minimum absolute atomic E-state index is 0.0659. The van der Waals surface area contributed by atoms with Gasteiger partial charge in [0.15, 0.2) is 11.5 Å². The van der Waals surface area contributed by atoms with Crippen molar-refractivity contribution in [1.29, 1.82) is 0 Å². The fourth-order valence-corrected chi connectivity index (χ4v) is 1.75. The Morgan fingerprint density at radius 2 is 2.32 bits per heavy atom. The second-order valence-electron chi connectivity index (χ2n) is 4.14. The van der Waals surface area contributed by atoms with Gasteiger partial charge in [-0.3, -0.25) is 4.79 Å². The van der Waals surface area contributed by atoms with Crippen LogP contribution >= 0.6 is 0 Å². The maximum absolute atomic E-state index is 11.7. The van der Waals surface area contributed by atoms with E-state index in [-0.39, 0.29) is 11.9 Å². The Morgan fingerprint density at radius 1 is 1.53 bits per heavy atom. The largest absolute Gasteiger partial charge is 0.372 e. The summed E-state index contributed by atoms with van der Waals surface area (Å²) in [5.74, 6) is 1.22. The molecule has 2 aromatic heterocycles. The van der Waals surface area contributed by atoms with Crippen LogP contribution in [0.25, 0.3) is 5.65 Å². The molecular formula is C12H18N6O. The number of amides is 1.